The molecule has 0 amide bonds. The van der Waals surface area contributed by atoms with Crippen LogP contribution < -0.4 is 0 Å². The zero-order valence-corrected chi connectivity index (χ0v) is 36.4. The van der Waals surface area contributed by atoms with Crippen LogP contribution in [-0.4, -0.2) is 98.3 Å². The Balaban J connectivity index is 2.53. The third-order valence-corrected chi connectivity index (χ3v) is 10.5. The highest BCUT2D eigenvalue weighted by atomic mass is 31.2. The Morgan fingerprint density at radius 3 is 1.54 bits per heavy atom. The van der Waals surface area contributed by atoms with Crippen molar-refractivity contribution in [2.24, 2.45) is 0 Å². The zero-order valence-electron chi connectivity index (χ0n) is 35.5. The van der Waals surface area contributed by atoms with Crippen molar-refractivity contribution in [1.29, 1.82) is 0 Å². The summed E-state index contributed by atoms with van der Waals surface area (Å²) in [7, 11) is -5.14. The molecule has 1 aliphatic carbocycles. The minimum Gasteiger partial charge on any atom is -0.462 e. The summed E-state index contributed by atoms with van der Waals surface area (Å²) in [6, 6.07) is 0. The van der Waals surface area contributed by atoms with Gasteiger partial charge in [0.05, 0.1) is 6.61 Å². The minimum absolute atomic E-state index is 0.0297. The molecule has 6 unspecified atom stereocenters. The van der Waals surface area contributed by atoms with E-state index in [0.29, 0.717) is 19.3 Å². The smallest absolute Gasteiger partial charge is 0.462 e. The molecule has 0 spiro atoms. The van der Waals surface area contributed by atoms with Crippen molar-refractivity contribution in [3.63, 3.8) is 0 Å². The predicted octanol–water partition coefficient (Wildman–Crippen LogP) is 7.94. The van der Waals surface area contributed by atoms with Gasteiger partial charge in [-0.15, -0.1) is 0 Å². The van der Waals surface area contributed by atoms with Crippen LogP contribution in [0.4, 0.5) is 0 Å². The molecule has 0 bridgehead atoms. The number of allylic oxidation sites excluding steroid dienone is 12. The fourth-order valence-electron chi connectivity index (χ4n) is 6.04. The Hall–Kier alpha value is -2.71. The number of aliphatic hydroxyl groups is 5. The number of hydrogen-bond donors (Lipinski definition) is 6. The molecule has 1 aliphatic rings. The third kappa shape index (κ3) is 27.7. The van der Waals surface area contributed by atoms with Crippen LogP contribution >= 0.6 is 7.82 Å². The molecule has 0 saturated heterocycles. The van der Waals surface area contributed by atoms with Crippen molar-refractivity contribution in [3.8, 4) is 0 Å². The lowest BCUT2D eigenvalue weighted by atomic mass is 9.85. The molecule has 0 aromatic rings. The number of phosphoric ester groups is 1. The maximum Gasteiger partial charge on any atom is 0.472 e. The number of carbonyl (C=O) groups excluding carboxylic acids is 2. The lowest BCUT2D eigenvalue weighted by Gasteiger charge is -2.41. The Labute approximate surface area is 353 Å². The zero-order chi connectivity index (χ0) is 43.6. The molecule has 1 fully saturated rings. The molecule has 1 rings (SSSR count). The van der Waals surface area contributed by atoms with Crippen molar-refractivity contribution in [2.45, 2.75) is 185 Å². The standard InChI is InChI=1S/C45H75O13P/c1-3-5-7-9-11-13-15-17-18-19-20-22-23-25-27-29-31-33-38(46)55-35-37(36-56-59(53,54)58-45-43(51)41(49)40(48)42(50)44(45)52)57-39(47)34-32-30-28-26-24-21-16-14-12-10-8-6-4-2/h6,8,11-14,17-18,21,24,28,30,37,40-45,48-52H,3-5,7,9-10,15-16,19-20,22-23,25-27,29,31-36H2,1-2H3,(H,53,54)/b8-6-,13-11-,14-12-,18-17-,24-21-,30-28-. The normalized spacial score (nSPS) is 23.1. The van der Waals surface area contributed by atoms with E-state index in [1.807, 2.05) is 18.2 Å². The average molecular weight is 855 g/mol. The summed E-state index contributed by atoms with van der Waals surface area (Å²) in [6.45, 7) is 3.06. The Morgan fingerprint density at radius 2 is 1.00 bits per heavy atom. The topological polar surface area (TPSA) is 210 Å². The van der Waals surface area contributed by atoms with Crippen LogP contribution in [0.5, 0.6) is 0 Å². The van der Waals surface area contributed by atoms with Crippen LogP contribution in [0.15, 0.2) is 72.9 Å². The van der Waals surface area contributed by atoms with E-state index in [4.69, 9.17) is 18.5 Å². The molecular formula is C45H75O13P. The molecular weight excluding hydrogens is 779 g/mol. The van der Waals surface area contributed by atoms with Gasteiger partial charge in [-0.3, -0.25) is 18.6 Å². The molecule has 0 aliphatic heterocycles. The van der Waals surface area contributed by atoms with Crippen LogP contribution in [-0.2, 0) is 32.7 Å². The molecule has 0 aromatic carbocycles. The van der Waals surface area contributed by atoms with Gasteiger partial charge in [-0.25, -0.2) is 4.57 Å². The highest BCUT2D eigenvalue weighted by molar-refractivity contribution is 7.47. The largest absolute Gasteiger partial charge is 0.472 e. The first kappa shape index (κ1) is 54.3. The van der Waals surface area contributed by atoms with Crippen LogP contribution in [0, 0.1) is 0 Å². The third-order valence-electron chi connectivity index (χ3n) is 9.55. The summed E-state index contributed by atoms with van der Waals surface area (Å²) in [6.07, 6.45) is 29.8. The second-order valence-corrected chi connectivity index (χ2v) is 16.2. The van der Waals surface area contributed by atoms with Gasteiger partial charge in [0.2, 0.25) is 0 Å². The van der Waals surface area contributed by atoms with Gasteiger partial charge >= 0.3 is 19.8 Å². The van der Waals surface area contributed by atoms with E-state index in [2.05, 4.69) is 68.5 Å². The van der Waals surface area contributed by atoms with Gasteiger partial charge < -0.3 is 39.9 Å². The number of aliphatic hydroxyl groups excluding tert-OH is 5. The fraction of sp³-hybridized carbons (Fsp3) is 0.689. The lowest BCUT2D eigenvalue weighted by molar-refractivity contribution is -0.220. The summed E-state index contributed by atoms with van der Waals surface area (Å²) in [5.41, 5.74) is 0. The molecule has 59 heavy (non-hydrogen) atoms. The number of hydrogen-bond acceptors (Lipinski definition) is 12. The molecule has 13 nitrogen and oxygen atoms in total. The van der Waals surface area contributed by atoms with Crippen molar-refractivity contribution in [1.82, 2.24) is 0 Å². The van der Waals surface area contributed by atoms with Gasteiger partial charge in [0, 0.05) is 12.8 Å². The number of unbranched alkanes of at least 4 members (excludes halogenated alkanes) is 10. The molecule has 0 aromatic heterocycles. The van der Waals surface area contributed by atoms with Crippen molar-refractivity contribution in [3.05, 3.63) is 72.9 Å². The fourth-order valence-corrected chi connectivity index (χ4v) is 7.01. The van der Waals surface area contributed by atoms with E-state index < -0.39 is 75.7 Å². The number of phosphoric acid groups is 1. The number of carbonyl (C=O) groups is 2. The molecule has 0 heterocycles. The summed E-state index contributed by atoms with van der Waals surface area (Å²) >= 11 is 0. The molecule has 1 saturated carbocycles. The van der Waals surface area contributed by atoms with Gasteiger partial charge in [-0.2, -0.15) is 0 Å². The van der Waals surface area contributed by atoms with Crippen LogP contribution in [0.2, 0.25) is 0 Å². The van der Waals surface area contributed by atoms with Crippen LogP contribution in [0.1, 0.15) is 142 Å². The molecule has 14 heteroatoms. The van der Waals surface area contributed by atoms with Crippen LogP contribution in [0.3, 0.4) is 0 Å². The maximum atomic E-state index is 12.8. The maximum absolute atomic E-state index is 12.8. The second kappa shape index (κ2) is 34.9. The van der Waals surface area contributed by atoms with E-state index in [1.54, 1.807) is 0 Å². The highest BCUT2D eigenvalue weighted by Gasteiger charge is 2.51. The van der Waals surface area contributed by atoms with E-state index in [-0.39, 0.29) is 12.8 Å². The number of rotatable bonds is 34. The summed E-state index contributed by atoms with van der Waals surface area (Å²) in [5, 5.41) is 50.0. The average Bonchev–Trinajstić information content (AvgIpc) is 3.21. The Bertz CT molecular complexity index is 1310. The van der Waals surface area contributed by atoms with E-state index in [1.165, 1.54) is 19.3 Å². The van der Waals surface area contributed by atoms with Gasteiger partial charge in [0.25, 0.3) is 0 Å². The highest BCUT2D eigenvalue weighted by Crippen LogP contribution is 2.47. The van der Waals surface area contributed by atoms with Crippen molar-refractivity contribution >= 4 is 19.8 Å². The van der Waals surface area contributed by atoms with Gasteiger partial charge in [0.1, 0.15) is 43.2 Å². The number of ether oxygens (including phenoxy) is 2. The molecule has 6 atom stereocenters. The minimum atomic E-state index is -5.14. The second-order valence-electron chi connectivity index (χ2n) is 14.8. The van der Waals surface area contributed by atoms with Gasteiger partial charge in [-0.1, -0.05) is 132 Å². The Morgan fingerprint density at radius 1 is 0.542 bits per heavy atom. The summed E-state index contributed by atoms with van der Waals surface area (Å²) in [5.74, 6) is -1.21. The first-order valence-electron chi connectivity index (χ1n) is 21.7. The monoisotopic (exact) mass is 854 g/mol. The van der Waals surface area contributed by atoms with Crippen molar-refractivity contribution < 1.29 is 63.1 Å². The van der Waals surface area contributed by atoms with Gasteiger partial charge in [-0.05, 0) is 70.6 Å². The number of esters is 2. The van der Waals surface area contributed by atoms with Crippen LogP contribution in [0.25, 0.3) is 0 Å². The quantitative estimate of drug-likeness (QED) is 0.0157. The van der Waals surface area contributed by atoms with Crippen molar-refractivity contribution in [2.75, 3.05) is 13.2 Å². The molecule has 6 N–H and O–H groups in total. The van der Waals surface area contributed by atoms with Gasteiger partial charge in [0.15, 0.2) is 6.10 Å². The first-order chi connectivity index (χ1) is 28.4. The molecule has 338 valence electrons. The summed E-state index contributed by atoms with van der Waals surface area (Å²) < 4.78 is 33.3. The van der Waals surface area contributed by atoms with E-state index in [0.717, 1.165) is 77.0 Å². The van der Waals surface area contributed by atoms with E-state index >= 15 is 0 Å². The summed E-state index contributed by atoms with van der Waals surface area (Å²) in [4.78, 5) is 35.6. The lowest BCUT2D eigenvalue weighted by Crippen LogP contribution is -2.64. The SMILES string of the molecule is CC/C=C\C/C=C\C/C=C\C/C=C\CCC(=O)OC(COC(=O)CCCCCCCCC/C=C\C/C=C\CCCCC)COP(=O)(O)OC1C(O)C(O)C(O)C(O)C1O. The Kier molecular flexibility index (Phi) is 32.2. The predicted molar refractivity (Wildman–Crippen MR) is 230 cm³/mol. The van der Waals surface area contributed by atoms with E-state index in [9.17, 15) is 44.6 Å². The molecule has 0 radical (unpaired) electrons. The first-order valence-corrected chi connectivity index (χ1v) is 23.2.